The van der Waals surface area contributed by atoms with E-state index in [1.54, 1.807) is 0 Å². The predicted octanol–water partition coefficient (Wildman–Crippen LogP) is 1.89. The first-order valence-electron chi connectivity index (χ1n) is 5.79. The van der Waals surface area contributed by atoms with Crippen molar-refractivity contribution < 1.29 is 0 Å². The van der Waals surface area contributed by atoms with Crippen LogP contribution in [0.4, 0.5) is 0 Å². The lowest BCUT2D eigenvalue weighted by Crippen LogP contribution is -2.28. The van der Waals surface area contributed by atoms with Gasteiger partial charge in [0.05, 0.1) is 0 Å². The molecule has 0 saturated heterocycles. The summed E-state index contributed by atoms with van der Waals surface area (Å²) in [6.07, 6.45) is 7.81. The van der Waals surface area contributed by atoms with E-state index in [0.29, 0.717) is 6.04 Å². The Labute approximate surface area is 82.3 Å². The van der Waals surface area contributed by atoms with Crippen LogP contribution >= 0.6 is 0 Å². The fourth-order valence-corrected chi connectivity index (χ4v) is 2.08. The minimum Gasteiger partial charge on any atom is -0.328 e. The molecule has 0 aromatic carbocycles. The minimum atomic E-state index is 0.500. The van der Waals surface area contributed by atoms with E-state index in [0.717, 1.165) is 5.92 Å². The molecule has 1 saturated carbocycles. The Bertz CT molecular complexity index is 117. The van der Waals surface area contributed by atoms with Gasteiger partial charge in [-0.25, -0.2) is 0 Å². The van der Waals surface area contributed by atoms with Gasteiger partial charge in [0.25, 0.3) is 0 Å². The van der Waals surface area contributed by atoms with E-state index in [2.05, 4.69) is 12.2 Å². The third-order valence-corrected chi connectivity index (χ3v) is 3.05. The van der Waals surface area contributed by atoms with Gasteiger partial charge in [-0.1, -0.05) is 6.92 Å². The number of hydrogen-bond donors (Lipinski definition) is 2. The van der Waals surface area contributed by atoms with Crippen molar-refractivity contribution in [1.29, 1.82) is 0 Å². The summed E-state index contributed by atoms with van der Waals surface area (Å²) in [5, 5.41) is 3.46. The SMILES string of the molecule is CCCNCCC1CCC(N)CC1. The van der Waals surface area contributed by atoms with E-state index in [1.807, 2.05) is 0 Å². The van der Waals surface area contributed by atoms with Crippen molar-refractivity contribution >= 4 is 0 Å². The zero-order valence-electron chi connectivity index (χ0n) is 8.89. The Morgan fingerprint density at radius 1 is 1.15 bits per heavy atom. The third-order valence-electron chi connectivity index (χ3n) is 3.05. The molecule has 0 amide bonds. The van der Waals surface area contributed by atoms with Crippen LogP contribution < -0.4 is 11.1 Å². The lowest BCUT2D eigenvalue weighted by atomic mass is 9.84. The van der Waals surface area contributed by atoms with Gasteiger partial charge in [-0.2, -0.15) is 0 Å². The van der Waals surface area contributed by atoms with Crippen molar-refractivity contribution in [1.82, 2.24) is 5.32 Å². The first-order valence-corrected chi connectivity index (χ1v) is 5.79. The van der Waals surface area contributed by atoms with Gasteiger partial charge in [0.2, 0.25) is 0 Å². The Hall–Kier alpha value is -0.0800. The quantitative estimate of drug-likeness (QED) is 0.640. The summed E-state index contributed by atoms with van der Waals surface area (Å²) in [6, 6.07) is 0.500. The van der Waals surface area contributed by atoms with Gasteiger partial charge < -0.3 is 11.1 Å². The maximum Gasteiger partial charge on any atom is 0.00390 e. The van der Waals surface area contributed by atoms with Crippen LogP contribution in [-0.2, 0) is 0 Å². The fourth-order valence-electron chi connectivity index (χ4n) is 2.08. The van der Waals surface area contributed by atoms with Crippen molar-refractivity contribution in [2.45, 2.75) is 51.5 Å². The topological polar surface area (TPSA) is 38.0 Å². The summed E-state index contributed by atoms with van der Waals surface area (Å²) >= 11 is 0. The van der Waals surface area contributed by atoms with Crippen molar-refractivity contribution in [3.05, 3.63) is 0 Å². The third kappa shape index (κ3) is 4.63. The van der Waals surface area contributed by atoms with E-state index >= 15 is 0 Å². The largest absolute Gasteiger partial charge is 0.328 e. The molecule has 0 aliphatic heterocycles. The maximum atomic E-state index is 5.86. The van der Waals surface area contributed by atoms with Gasteiger partial charge in [-0.15, -0.1) is 0 Å². The molecule has 0 aromatic heterocycles. The molecule has 78 valence electrons. The van der Waals surface area contributed by atoms with Gasteiger partial charge in [0, 0.05) is 6.04 Å². The first-order chi connectivity index (χ1) is 6.33. The molecule has 2 heteroatoms. The highest BCUT2D eigenvalue weighted by Gasteiger charge is 2.17. The van der Waals surface area contributed by atoms with E-state index < -0.39 is 0 Å². The van der Waals surface area contributed by atoms with Gasteiger partial charge in [-0.3, -0.25) is 0 Å². The number of hydrogen-bond acceptors (Lipinski definition) is 2. The van der Waals surface area contributed by atoms with Crippen molar-refractivity contribution in [2.24, 2.45) is 11.7 Å². The summed E-state index contributed by atoms with van der Waals surface area (Å²) < 4.78 is 0. The van der Waals surface area contributed by atoms with Crippen LogP contribution in [0.1, 0.15) is 45.4 Å². The highest BCUT2D eigenvalue weighted by atomic mass is 14.8. The van der Waals surface area contributed by atoms with Crippen molar-refractivity contribution in [2.75, 3.05) is 13.1 Å². The molecule has 1 aliphatic rings. The Morgan fingerprint density at radius 2 is 1.85 bits per heavy atom. The summed E-state index contributed by atoms with van der Waals surface area (Å²) in [4.78, 5) is 0. The normalized spacial score (nSPS) is 29.1. The van der Waals surface area contributed by atoms with E-state index in [-0.39, 0.29) is 0 Å². The zero-order chi connectivity index (χ0) is 9.52. The average molecular weight is 184 g/mol. The predicted molar refractivity (Wildman–Crippen MR) is 57.7 cm³/mol. The molecule has 0 bridgehead atoms. The Balaban J connectivity index is 1.96. The smallest absolute Gasteiger partial charge is 0.00390 e. The molecule has 0 unspecified atom stereocenters. The molecule has 0 heterocycles. The lowest BCUT2D eigenvalue weighted by Gasteiger charge is -2.25. The molecule has 0 aromatic rings. The Kier molecular flexibility index (Phi) is 5.40. The maximum absolute atomic E-state index is 5.86. The Morgan fingerprint density at radius 3 is 2.46 bits per heavy atom. The molecule has 3 N–H and O–H groups in total. The van der Waals surface area contributed by atoms with Crippen LogP contribution in [0.5, 0.6) is 0 Å². The number of rotatable bonds is 5. The standard InChI is InChI=1S/C11H24N2/c1-2-8-13-9-7-10-3-5-11(12)6-4-10/h10-11,13H,2-9,12H2,1H3. The van der Waals surface area contributed by atoms with Gasteiger partial charge >= 0.3 is 0 Å². The minimum absolute atomic E-state index is 0.500. The molecule has 1 aliphatic carbocycles. The highest BCUT2D eigenvalue weighted by Crippen LogP contribution is 2.25. The molecule has 2 nitrogen and oxygen atoms in total. The number of nitrogens with two attached hydrogens (primary N) is 1. The summed E-state index contributed by atoms with van der Waals surface area (Å²) in [6.45, 7) is 4.59. The molecule has 0 radical (unpaired) electrons. The molecule has 13 heavy (non-hydrogen) atoms. The van der Waals surface area contributed by atoms with Crippen molar-refractivity contribution in [3.8, 4) is 0 Å². The van der Waals surface area contributed by atoms with E-state index in [4.69, 9.17) is 5.73 Å². The highest BCUT2D eigenvalue weighted by molar-refractivity contribution is 4.74. The van der Waals surface area contributed by atoms with E-state index in [9.17, 15) is 0 Å². The monoisotopic (exact) mass is 184 g/mol. The van der Waals surface area contributed by atoms with E-state index in [1.165, 1.54) is 51.6 Å². The van der Waals surface area contributed by atoms with Crippen LogP contribution in [0.3, 0.4) is 0 Å². The first kappa shape index (κ1) is 11.0. The second-order valence-electron chi connectivity index (χ2n) is 4.32. The summed E-state index contributed by atoms with van der Waals surface area (Å²) in [5.41, 5.74) is 5.86. The molecule has 1 rings (SSSR count). The van der Waals surface area contributed by atoms with Gasteiger partial charge in [-0.05, 0) is 57.5 Å². The van der Waals surface area contributed by atoms with Crippen LogP contribution in [0.25, 0.3) is 0 Å². The van der Waals surface area contributed by atoms with Crippen LogP contribution in [0.2, 0.25) is 0 Å². The summed E-state index contributed by atoms with van der Waals surface area (Å²) in [5.74, 6) is 0.948. The summed E-state index contributed by atoms with van der Waals surface area (Å²) in [7, 11) is 0. The fraction of sp³-hybridized carbons (Fsp3) is 1.00. The molecule has 1 fully saturated rings. The molecular weight excluding hydrogens is 160 g/mol. The van der Waals surface area contributed by atoms with Gasteiger partial charge in [0.15, 0.2) is 0 Å². The van der Waals surface area contributed by atoms with Crippen LogP contribution in [0, 0.1) is 5.92 Å². The number of nitrogens with one attached hydrogen (secondary N) is 1. The molecular formula is C11H24N2. The second kappa shape index (κ2) is 6.39. The van der Waals surface area contributed by atoms with Crippen LogP contribution in [-0.4, -0.2) is 19.1 Å². The van der Waals surface area contributed by atoms with Crippen LogP contribution in [0.15, 0.2) is 0 Å². The van der Waals surface area contributed by atoms with Crippen molar-refractivity contribution in [3.63, 3.8) is 0 Å². The molecule has 0 atom stereocenters. The molecule has 0 spiro atoms. The van der Waals surface area contributed by atoms with Gasteiger partial charge in [0.1, 0.15) is 0 Å². The second-order valence-corrected chi connectivity index (χ2v) is 4.32. The zero-order valence-corrected chi connectivity index (χ0v) is 8.89. The lowest BCUT2D eigenvalue weighted by molar-refractivity contribution is 0.307. The average Bonchev–Trinajstić information content (AvgIpc) is 2.15.